The number of nitrogens with two attached hydrogens (primary N) is 1. The Balaban J connectivity index is 1.93. The van der Waals surface area contributed by atoms with Crippen LogP contribution in [0.4, 0.5) is 0 Å². The number of amides is 2. The van der Waals surface area contributed by atoms with E-state index in [2.05, 4.69) is 5.32 Å². The van der Waals surface area contributed by atoms with E-state index in [1.165, 1.54) is 19.3 Å². The van der Waals surface area contributed by atoms with Crippen molar-refractivity contribution in [3.8, 4) is 0 Å². The number of rotatable bonds is 5. The summed E-state index contributed by atoms with van der Waals surface area (Å²) in [4.78, 5) is 25.5. The Bertz CT molecular complexity index is 334. The number of carbonyl (C=O) groups is 2. The molecule has 1 aliphatic heterocycles. The first-order chi connectivity index (χ1) is 9.66. The fraction of sp³-hybridized carbons (Fsp3) is 0.867. The average Bonchev–Trinajstić information content (AvgIpc) is 2.46. The first-order valence-corrected chi connectivity index (χ1v) is 7.95. The molecule has 1 saturated carbocycles. The first-order valence-electron chi connectivity index (χ1n) is 7.95. The second-order valence-electron chi connectivity index (χ2n) is 6.20. The third-order valence-corrected chi connectivity index (χ3v) is 4.55. The molecule has 1 aliphatic carbocycles. The van der Waals surface area contributed by atoms with Gasteiger partial charge in [-0.3, -0.25) is 9.59 Å². The largest absolute Gasteiger partial charge is 0.368 e. The quantitative estimate of drug-likeness (QED) is 0.790. The van der Waals surface area contributed by atoms with Gasteiger partial charge in [0.25, 0.3) is 0 Å². The highest BCUT2D eigenvalue weighted by Crippen LogP contribution is 2.27. The van der Waals surface area contributed by atoms with Gasteiger partial charge >= 0.3 is 0 Å². The van der Waals surface area contributed by atoms with E-state index in [0.717, 1.165) is 38.8 Å². The Labute approximate surface area is 121 Å². The van der Waals surface area contributed by atoms with Crippen LogP contribution in [0, 0.1) is 5.92 Å². The number of primary amides is 1. The molecule has 1 saturated heterocycles. The van der Waals surface area contributed by atoms with Gasteiger partial charge in [-0.15, -0.1) is 0 Å². The molecule has 2 fully saturated rings. The van der Waals surface area contributed by atoms with Gasteiger partial charge in [-0.2, -0.15) is 0 Å². The summed E-state index contributed by atoms with van der Waals surface area (Å²) in [5.41, 5.74) is 5.32. The summed E-state index contributed by atoms with van der Waals surface area (Å²) in [7, 11) is 0. The summed E-state index contributed by atoms with van der Waals surface area (Å²) in [5, 5.41) is 3.30. The lowest BCUT2D eigenvalue weighted by Crippen LogP contribution is -2.51. The fourth-order valence-corrected chi connectivity index (χ4v) is 3.44. The van der Waals surface area contributed by atoms with Crippen LogP contribution in [-0.4, -0.2) is 42.4 Å². The van der Waals surface area contributed by atoms with Crippen molar-refractivity contribution in [3.63, 3.8) is 0 Å². The summed E-state index contributed by atoms with van der Waals surface area (Å²) in [6.07, 6.45) is 8.68. The summed E-state index contributed by atoms with van der Waals surface area (Å²) >= 11 is 0. The van der Waals surface area contributed by atoms with Crippen molar-refractivity contribution in [3.05, 3.63) is 0 Å². The number of hydrogen-bond donors (Lipinski definition) is 2. The maximum absolute atomic E-state index is 12.5. The minimum Gasteiger partial charge on any atom is -0.368 e. The number of nitrogens with one attached hydrogen (secondary N) is 1. The van der Waals surface area contributed by atoms with E-state index in [1.807, 2.05) is 0 Å². The van der Waals surface area contributed by atoms with Crippen LogP contribution in [0.25, 0.3) is 0 Å². The Morgan fingerprint density at radius 1 is 1.10 bits per heavy atom. The molecule has 5 nitrogen and oxygen atoms in total. The monoisotopic (exact) mass is 281 g/mol. The third-order valence-electron chi connectivity index (χ3n) is 4.55. The maximum Gasteiger partial charge on any atom is 0.237 e. The average molecular weight is 281 g/mol. The Hall–Kier alpha value is -1.10. The SMILES string of the molecule is NC(=O)CN(C(=O)CC1CCCCC1)C1CCCNC1. The van der Waals surface area contributed by atoms with Crippen LogP contribution >= 0.6 is 0 Å². The van der Waals surface area contributed by atoms with E-state index in [9.17, 15) is 9.59 Å². The summed E-state index contributed by atoms with van der Waals surface area (Å²) < 4.78 is 0. The van der Waals surface area contributed by atoms with E-state index in [1.54, 1.807) is 4.90 Å². The topological polar surface area (TPSA) is 75.4 Å². The van der Waals surface area contributed by atoms with Crippen LogP contribution in [0.2, 0.25) is 0 Å². The van der Waals surface area contributed by atoms with Gasteiger partial charge in [0.05, 0.1) is 6.54 Å². The Morgan fingerprint density at radius 3 is 2.45 bits per heavy atom. The zero-order valence-electron chi connectivity index (χ0n) is 12.3. The molecule has 5 heteroatoms. The van der Waals surface area contributed by atoms with Crippen LogP contribution in [0.1, 0.15) is 51.4 Å². The van der Waals surface area contributed by atoms with E-state index in [0.29, 0.717) is 12.3 Å². The predicted octanol–water partition coefficient (Wildman–Crippen LogP) is 1.02. The molecular weight excluding hydrogens is 254 g/mol. The number of nitrogens with zero attached hydrogens (tertiary/aromatic N) is 1. The number of carbonyl (C=O) groups excluding carboxylic acids is 2. The van der Waals surface area contributed by atoms with Gasteiger partial charge in [-0.1, -0.05) is 19.3 Å². The van der Waals surface area contributed by atoms with Crippen LogP contribution in [0.15, 0.2) is 0 Å². The molecule has 2 rings (SSSR count). The number of hydrogen-bond acceptors (Lipinski definition) is 3. The smallest absolute Gasteiger partial charge is 0.237 e. The maximum atomic E-state index is 12.5. The van der Waals surface area contributed by atoms with E-state index >= 15 is 0 Å². The zero-order chi connectivity index (χ0) is 14.4. The molecule has 1 atom stereocenters. The highest BCUT2D eigenvalue weighted by molar-refractivity contribution is 5.84. The normalized spacial score (nSPS) is 24.3. The molecule has 1 heterocycles. The highest BCUT2D eigenvalue weighted by atomic mass is 16.2. The van der Waals surface area contributed by atoms with E-state index in [4.69, 9.17) is 5.73 Å². The summed E-state index contributed by atoms with van der Waals surface area (Å²) in [6, 6.07) is 0.132. The first kappa shape index (κ1) is 15.3. The molecule has 1 unspecified atom stereocenters. The zero-order valence-corrected chi connectivity index (χ0v) is 12.3. The van der Waals surface area contributed by atoms with E-state index in [-0.39, 0.29) is 18.5 Å². The van der Waals surface area contributed by atoms with Crippen LogP contribution in [0.3, 0.4) is 0 Å². The minimum absolute atomic E-state index is 0.0674. The lowest BCUT2D eigenvalue weighted by atomic mass is 9.86. The Morgan fingerprint density at radius 2 is 1.85 bits per heavy atom. The van der Waals surface area contributed by atoms with Crippen molar-refractivity contribution in [2.24, 2.45) is 11.7 Å². The summed E-state index contributed by atoms with van der Waals surface area (Å²) in [6.45, 7) is 1.85. The molecule has 0 aromatic carbocycles. The van der Waals surface area contributed by atoms with Crippen LogP contribution in [0.5, 0.6) is 0 Å². The van der Waals surface area contributed by atoms with Crippen molar-refractivity contribution in [1.29, 1.82) is 0 Å². The highest BCUT2D eigenvalue weighted by Gasteiger charge is 2.28. The molecule has 114 valence electrons. The lowest BCUT2D eigenvalue weighted by Gasteiger charge is -2.35. The van der Waals surface area contributed by atoms with Crippen molar-refractivity contribution in [1.82, 2.24) is 10.2 Å². The molecule has 0 bridgehead atoms. The van der Waals surface area contributed by atoms with Crippen molar-refractivity contribution in [2.75, 3.05) is 19.6 Å². The second kappa shape index (κ2) is 7.62. The van der Waals surface area contributed by atoms with Crippen molar-refractivity contribution in [2.45, 2.75) is 57.4 Å². The predicted molar refractivity (Wildman–Crippen MR) is 78.0 cm³/mol. The molecule has 2 aliphatic rings. The molecule has 0 spiro atoms. The molecular formula is C15H27N3O2. The summed E-state index contributed by atoms with van der Waals surface area (Å²) in [5.74, 6) is 0.208. The van der Waals surface area contributed by atoms with Gasteiger partial charge in [0.15, 0.2) is 0 Å². The molecule has 0 aromatic rings. The van der Waals surface area contributed by atoms with Gasteiger partial charge in [0, 0.05) is 19.0 Å². The van der Waals surface area contributed by atoms with Gasteiger partial charge in [-0.05, 0) is 38.1 Å². The Kier molecular flexibility index (Phi) is 5.83. The fourth-order valence-electron chi connectivity index (χ4n) is 3.44. The molecule has 0 aromatic heterocycles. The van der Waals surface area contributed by atoms with Gasteiger partial charge in [0.2, 0.25) is 11.8 Å². The third kappa shape index (κ3) is 4.47. The van der Waals surface area contributed by atoms with Crippen molar-refractivity contribution < 1.29 is 9.59 Å². The second-order valence-corrected chi connectivity index (χ2v) is 6.20. The van der Waals surface area contributed by atoms with Gasteiger partial charge in [-0.25, -0.2) is 0 Å². The standard InChI is InChI=1S/C15H27N3O2/c16-14(19)11-18(13-7-4-8-17-10-13)15(20)9-12-5-2-1-3-6-12/h12-13,17H,1-11H2,(H2,16,19). The van der Waals surface area contributed by atoms with Gasteiger partial charge < -0.3 is 16.0 Å². The van der Waals surface area contributed by atoms with Crippen molar-refractivity contribution >= 4 is 11.8 Å². The lowest BCUT2D eigenvalue weighted by molar-refractivity contribution is -0.139. The minimum atomic E-state index is -0.410. The molecule has 3 N–H and O–H groups in total. The molecule has 20 heavy (non-hydrogen) atoms. The molecule has 0 radical (unpaired) electrons. The van der Waals surface area contributed by atoms with Crippen LogP contribution < -0.4 is 11.1 Å². The van der Waals surface area contributed by atoms with Gasteiger partial charge in [0.1, 0.15) is 0 Å². The van der Waals surface area contributed by atoms with Crippen LogP contribution in [-0.2, 0) is 9.59 Å². The molecule has 2 amide bonds. The number of piperidine rings is 1. The van der Waals surface area contributed by atoms with E-state index < -0.39 is 5.91 Å².